The molecule has 1 aliphatic heterocycles. The number of hydrogen-bond donors (Lipinski definition) is 2. The van der Waals surface area contributed by atoms with Crippen LogP contribution in [0.2, 0.25) is 0 Å². The summed E-state index contributed by atoms with van der Waals surface area (Å²) in [6.45, 7) is 1.93. The number of hydrogen-bond acceptors (Lipinski definition) is 3. The second-order valence-corrected chi connectivity index (χ2v) is 4.72. The Morgan fingerprint density at radius 3 is 2.95 bits per heavy atom. The fourth-order valence-corrected chi connectivity index (χ4v) is 2.28. The van der Waals surface area contributed by atoms with E-state index in [9.17, 15) is 4.79 Å². The number of carbonyl (C=O) groups excluding carboxylic acids is 1. The summed E-state index contributed by atoms with van der Waals surface area (Å²) in [6.07, 6.45) is 2.40. The van der Waals surface area contributed by atoms with E-state index in [-0.39, 0.29) is 11.9 Å². The van der Waals surface area contributed by atoms with Gasteiger partial charge in [0.25, 0.3) is 0 Å². The van der Waals surface area contributed by atoms with Crippen LogP contribution in [0.25, 0.3) is 0 Å². The van der Waals surface area contributed by atoms with Crippen molar-refractivity contribution in [2.75, 3.05) is 10.6 Å². The molecule has 0 saturated heterocycles. The van der Waals surface area contributed by atoms with Gasteiger partial charge in [0.15, 0.2) is 0 Å². The van der Waals surface area contributed by atoms with Gasteiger partial charge in [0, 0.05) is 18.3 Å². The lowest BCUT2D eigenvalue weighted by Crippen LogP contribution is -2.33. The van der Waals surface area contributed by atoms with Crippen LogP contribution in [-0.4, -0.2) is 16.9 Å². The predicted octanol–water partition coefficient (Wildman–Crippen LogP) is 2.37. The molecule has 1 amide bonds. The van der Waals surface area contributed by atoms with Gasteiger partial charge in [0.2, 0.25) is 5.91 Å². The topological polar surface area (TPSA) is 54.0 Å². The van der Waals surface area contributed by atoms with Crippen LogP contribution < -0.4 is 10.6 Å². The summed E-state index contributed by atoms with van der Waals surface area (Å²) >= 11 is 0. The lowest BCUT2D eigenvalue weighted by atomic mass is 10.1. The van der Waals surface area contributed by atoms with Gasteiger partial charge in [-0.2, -0.15) is 0 Å². The van der Waals surface area contributed by atoms with E-state index >= 15 is 0 Å². The maximum Gasteiger partial charge on any atom is 0.248 e. The largest absolute Gasteiger partial charge is 0.373 e. The molecule has 1 atom stereocenters. The number of benzene rings is 1. The first kappa shape index (κ1) is 11.7. The van der Waals surface area contributed by atoms with Gasteiger partial charge in [0.05, 0.1) is 0 Å². The molecule has 0 bridgehead atoms. The lowest BCUT2D eigenvalue weighted by Gasteiger charge is -2.12. The Kier molecular flexibility index (Phi) is 2.91. The summed E-state index contributed by atoms with van der Waals surface area (Å²) in [5.41, 5.74) is 3.19. The fraction of sp³-hybridized carbons (Fsp3) is 0.200. The smallest absolute Gasteiger partial charge is 0.248 e. The molecule has 4 heteroatoms. The van der Waals surface area contributed by atoms with E-state index in [1.165, 1.54) is 5.56 Å². The summed E-state index contributed by atoms with van der Waals surface area (Å²) in [5.74, 6) is 0.586. The molecule has 1 aromatic heterocycles. The number of nitrogens with one attached hydrogen (secondary N) is 2. The molecule has 0 fully saturated rings. The number of amides is 1. The number of rotatable bonds is 2. The standard InChI is InChI=1S/C15H15N3O/c1-10-5-4-8-16-14(10)18-15(19)13-9-11-6-2-3-7-12(11)17-13/h2-8,13,17H,9H2,1H3,(H,16,18,19). The molecule has 2 N–H and O–H groups in total. The highest BCUT2D eigenvalue weighted by Crippen LogP contribution is 2.25. The normalized spacial score (nSPS) is 16.6. The maximum absolute atomic E-state index is 12.2. The Morgan fingerprint density at radius 1 is 1.32 bits per heavy atom. The number of aryl methyl sites for hydroxylation is 1. The second-order valence-electron chi connectivity index (χ2n) is 4.72. The van der Waals surface area contributed by atoms with Crippen molar-refractivity contribution in [3.8, 4) is 0 Å². The molecule has 0 spiro atoms. The summed E-state index contributed by atoms with van der Waals surface area (Å²) in [7, 11) is 0. The van der Waals surface area contributed by atoms with Crippen molar-refractivity contribution in [2.45, 2.75) is 19.4 Å². The van der Waals surface area contributed by atoms with Crippen molar-refractivity contribution in [2.24, 2.45) is 0 Å². The number of carbonyl (C=O) groups is 1. The van der Waals surface area contributed by atoms with E-state index < -0.39 is 0 Å². The Balaban J connectivity index is 1.72. The fourth-order valence-electron chi connectivity index (χ4n) is 2.28. The van der Waals surface area contributed by atoms with Crippen LogP contribution in [0, 0.1) is 6.92 Å². The Morgan fingerprint density at radius 2 is 2.16 bits per heavy atom. The highest BCUT2D eigenvalue weighted by atomic mass is 16.2. The second kappa shape index (κ2) is 4.72. The van der Waals surface area contributed by atoms with Crippen molar-refractivity contribution >= 4 is 17.4 Å². The third-order valence-corrected chi connectivity index (χ3v) is 3.34. The van der Waals surface area contributed by atoms with Gasteiger partial charge in [-0.3, -0.25) is 4.79 Å². The van der Waals surface area contributed by atoms with Crippen LogP contribution in [0.4, 0.5) is 11.5 Å². The predicted molar refractivity (Wildman–Crippen MR) is 75.2 cm³/mol. The minimum Gasteiger partial charge on any atom is -0.373 e. The lowest BCUT2D eigenvalue weighted by molar-refractivity contribution is -0.116. The van der Waals surface area contributed by atoms with Crippen LogP contribution in [0.3, 0.4) is 0 Å². The molecule has 2 aromatic rings. The highest BCUT2D eigenvalue weighted by molar-refractivity contribution is 5.97. The average molecular weight is 253 g/mol. The van der Waals surface area contributed by atoms with Gasteiger partial charge >= 0.3 is 0 Å². The summed E-state index contributed by atoms with van der Waals surface area (Å²) in [5, 5.41) is 6.11. The number of aromatic nitrogens is 1. The van der Waals surface area contributed by atoms with E-state index in [0.29, 0.717) is 12.2 Å². The zero-order valence-corrected chi connectivity index (χ0v) is 10.7. The van der Waals surface area contributed by atoms with Crippen molar-refractivity contribution in [3.05, 3.63) is 53.7 Å². The number of fused-ring (bicyclic) bond motifs is 1. The van der Waals surface area contributed by atoms with Gasteiger partial charge < -0.3 is 10.6 Å². The third kappa shape index (κ3) is 2.29. The van der Waals surface area contributed by atoms with E-state index in [1.54, 1.807) is 6.20 Å². The SMILES string of the molecule is Cc1cccnc1NC(=O)C1Cc2ccccc2N1. The van der Waals surface area contributed by atoms with Crippen LogP contribution >= 0.6 is 0 Å². The van der Waals surface area contributed by atoms with Gasteiger partial charge in [-0.05, 0) is 30.2 Å². The molecule has 0 aliphatic carbocycles. The van der Waals surface area contributed by atoms with Gasteiger partial charge in [0.1, 0.15) is 11.9 Å². The Labute approximate surface area is 111 Å². The van der Waals surface area contributed by atoms with E-state index in [0.717, 1.165) is 11.3 Å². The highest BCUT2D eigenvalue weighted by Gasteiger charge is 2.26. The molecule has 0 radical (unpaired) electrons. The quantitative estimate of drug-likeness (QED) is 0.864. The Hall–Kier alpha value is -2.36. The number of anilines is 2. The zero-order chi connectivity index (χ0) is 13.2. The zero-order valence-electron chi connectivity index (χ0n) is 10.7. The first-order chi connectivity index (χ1) is 9.24. The molecule has 1 unspecified atom stereocenters. The Bertz CT molecular complexity index is 599. The van der Waals surface area contributed by atoms with E-state index in [4.69, 9.17) is 0 Å². The monoisotopic (exact) mass is 253 g/mol. The molecule has 2 heterocycles. The van der Waals surface area contributed by atoms with Crippen LogP contribution in [0.1, 0.15) is 11.1 Å². The molecular weight excluding hydrogens is 238 g/mol. The molecule has 0 saturated carbocycles. The van der Waals surface area contributed by atoms with E-state index in [1.807, 2.05) is 43.3 Å². The minimum absolute atomic E-state index is 0.0435. The minimum atomic E-state index is -0.223. The first-order valence-corrected chi connectivity index (χ1v) is 6.31. The van der Waals surface area contributed by atoms with Crippen molar-refractivity contribution < 1.29 is 4.79 Å². The van der Waals surface area contributed by atoms with Crippen LogP contribution in [-0.2, 0) is 11.2 Å². The average Bonchev–Trinajstić information content (AvgIpc) is 2.85. The molecule has 19 heavy (non-hydrogen) atoms. The van der Waals surface area contributed by atoms with E-state index in [2.05, 4.69) is 15.6 Å². The van der Waals surface area contributed by atoms with Gasteiger partial charge in [-0.15, -0.1) is 0 Å². The van der Waals surface area contributed by atoms with Crippen molar-refractivity contribution in [1.29, 1.82) is 0 Å². The third-order valence-electron chi connectivity index (χ3n) is 3.34. The molecule has 1 aromatic carbocycles. The van der Waals surface area contributed by atoms with Crippen LogP contribution in [0.15, 0.2) is 42.6 Å². The summed E-state index contributed by atoms with van der Waals surface area (Å²) in [4.78, 5) is 16.4. The van der Waals surface area contributed by atoms with Gasteiger partial charge in [-0.1, -0.05) is 24.3 Å². The number of para-hydroxylation sites is 1. The number of pyridine rings is 1. The van der Waals surface area contributed by atoms with Crippen LogP contribution in [0.5, 0.6) is 0 Å². The van der Waals surface area contributed by atoms with Gasteiger partial charge in [-0.25, -0.2) is 4.98 Å². The molecule has 3 rings (SSSR count). The molecule has 4 nitrogen and oxygen atoms in total. The number of nitrogens with zero attached hydrogens (tertiary/aromatic N) is 1. The van der Waals surface area contributed by atoms with Crippen molar-refractivity contribution in [3.63, 3.8) is 0 Å². The summed E-state index contributed by atoms with van der Waals surface area (Å²) < 4.78 is 0. The molecule has 96 valence electrons. The molecular formula is C15H15N3O. The van der Waals surface area contributed by atoms with Crippen molar-refractivity contribution in [1.82, 2.24) is 4.98 Å². The summed E-state index contributed by atoms with van der Waals surface area (Å²) in [6, 6.07) is 11.6. The first-order valence-electron chi connectivity index (χ1n) is 6.31. The maximum atomic E-state index is 12.2. The molecule has 1 aliphatic rings.